The number of anilines is 1. The van der Waals surface area contributed by atoms with Gasteiger partial charge in [-0.15, -0.1) is 0 Å². The summed E-state index contributed by atoms with van der Waals surface area (Å²) in [6.45, 7) is -0.541. The van der Waals surface area contributed by atoms with Gasteiger partial charge in [0.15, 0.2) is 12.4 Å². The Morgan fingerprint density at radius 3 is 2.00 bits per heavy atom. The highest BCUT2D eigenvalue weighted by atomic mass is 16.6. The Kier molecular flexibility index (Phi) is 6.00. The Balaban J connectivity index is 1.01. The second kappa shape index (κ2) is 9.76. The van der Waals surface area contributed by atoms with E-state index < -0.39 is 35.1 Å². The number of ketones is 1. The van der Waals surface area contributed by atoms with Gasteiger partial charge in [-0.3, -0.25) is 24.5 Å². The third-order valence-corrected chi connectivity index (χ3v) is 8.82. The number of Topliss-reactive ketones (excluding diaryl/α,β-unsaturated/α-hetero) is 1. The lowest BCUT2D eigenvalue weighted by atomic mass is 9.63. The number of benzene rings is 3. The maximum Gasteiger partial charge on any atom is 0.340 e. The van der Waals surface area contributed by atoms with Gasteiger partial charge < -0.3 is 9.47 Å². The number of non-ortho nitro benzene ring substituents is 1. The van der Waals surface area contributed by atoms with Gasteiger partial charge in [-0.1, -0.05) is 24.3 Å². The SMILES string of the molecule is O=C(COC(=O)c1ccccc1N1C(=O)[C@@H]2[C@H]3C=C[C@@H]([C@@H]4C[C@H]34)[C@H]2C1=O)c1ccc(Oc2ccc([N+](=O)[O-])cc2)cc1. The van der Waals surface area contributed by atoms with Crippen molar-refractivity contribution in [2.75, 3.05) is 11.5 Å². The molecule has 2 bridgehead atoms. The molecule has 3 aromatic rings. The molecule has 1 saturated heterocycles. The second-order valence-electron chi connectivity index (χ2n) is 11.1. The number of nitrogens with zero attached hydrogens (tertiary/aromatic N) is 2. The van der Waals surface area contributed by atoms with Crippen molar-refractivity contribution in [1.29, 1.82) is 0 Å². The molecule has 1 heterocycles. The summed E-state index contributed by atoms with van der Waals surface area (Å²) in [5.74, 6) is -0.745. The molecular formula is C32H24N2O8. The largest absolute Gasteiger partial charge is 0.457 e. The molecule has 0 N–H and O–H groups in total. The number of nitro groups is 1. The van der Waals surface area contributed by atoms with E-state index in [1.54, 1.807) is 30.3 Å². The van der Waals surface area contributed by atoms with Crippen molar-refractivity contribution in [3.05, 3.63) is 106 Å². The van der Waals surface area contributed by atoms with Crippen LogP contribution in [0.25, 0.3) is 0 Å². The second-order valence-corrected chi connectivity index (χ2v) is 11.1. The summed E-state index contributed by atoms with van der Waals surface area (Å²) in [4.78, 5) is 64.4. The number of ether oxygens (including phenoxy) is 2. The fourth-order valence-electron chi connectivity index (χ4n) is 6.81. The monoisotopic (exact) mass is 564 g/mol. The van der Waals surface area contributed by atoms with Crippen molar-refractivity contribution in [3.63, 3.8) is 0 Å². The number of rotatable bonds is 8. The Hall–Kier alpha value is -5.12. The molecule has 3 fully saturated rings. The van der Waals surface area contributed by atoms with Crippen molar-refractivity contribution >= 4 is 34.9 Å². The van der Waals surface area contributed by atoms with Gasteiger partial charge in [-0.2, -0.15) is 0 Å². The fourth-order valence-corrected chi connectivity index (χ4v) is 6.81. The van der Waals surface area contributed by atoms with Crippen LogP contribution in [0.4, 0.5) is 11.4 Å². The molecule has 8 rings (SSSR count). The zero-order valence-corrected chi connectivity index (χ0v) is 22.1. The van der Waals surface area contributed by atoms with Crippen LogP contribution in [-0.4, -0.2) is 35.1 Å². The van der Waals surface area contributed by atoms with Crippen LogP contribution in [-0.2, 0) is 14.3 Å². The molecule has 210 valence electrons. The highest BCUT2D eigenvalue weighted by Gasteiger charge is 2.67. The van der Waals surface area contributed by atoms with Crippen LogP contribution < -0.4 is 9.64 Å². The Morgan fingerprint density at radius 1 is 0.833 bits per heavy atom. The lowest BCUT2D eigenvalue weighted by molar-refractivity contribution is -0.384. The number of para-hydroxylation sites is 1. The molecule has 4 aliphatic carbocycles. The first-order valence-corrected chi connectivity index (χ1v) is 13.7. The molecular weight excluding hydrogens is 540 g/mol. The number of hydrogen-bond donors (Lipinski definition) is 0. The van der Waals surface area contributed by atoms with Crippen molar-refractivity contribution in [2.24, 2.45) is 35.5 Å². The quantitative estimate of drug-likeness (QED) is 0.0934. The summed E-state index contributed by atoms with van der Waals surface area (Å²) in [5, 5.41) is 10.8. The molecule has 2 saturated carbocycles. The first-order valence-electron chi connectivity index (χ1n) is 13.7. The van der Waals surface area contributed by atoms with Crippen LogP contribution in [0.2, 0.25) is 0 Å². The number of hydrogen-bond acceptors (Lipinski definition) is 8. The molecule has 42 heavy (non-hydrogen) atoms. The molecule has 6 atom stereocenters. The minimum Gasteiger partial charge on any atom is -0.457 e. The summed E-state index contributed by atoms with van der Waals surface area (Å²) in [5.41, 5.74) is 0.448. The van der Waals surface area contributed by atoms with E-state index in [0.29, 0.717) is 23.3 Å². The van der Waals surface area contributed by atoms with E-state index in [1.165, 1.54) is 42.5 Å². The Morgan fingerprint density at radius 2 is 1.40 bits per heavy atom. The van der Waals surface area contributed by atoms with Crippen LogP contribution >= 0.6 is 0 Å². The average molecular weight is 565 g/mol. The molecule has 1 aliphatic heterocycles. The van der Waals surface area contributed by atoms with Gasteiger partial charge in [0.25, 0.3) is 5.69 Å². The number of amides is 2. The zero-order valence-electron chi connectivity index (χ0n) is 22.1. The fraction of sp³-hybridized carbons (Fsp3) is 0.250. The zero-order chi connectivity index (χ0) is 29.1. The van der Waals surface area contributed by atoms with Gasteiger partial charge >= 0.3 is 5.97 Å². The van der Waals surface area contributed by atoms with Gasteiger partial charge in [0, 0.05) is 17.7 Å². The predicted octanol–water partition coefficient (Wildman–Crippen LogP) is 4.98. The first kappa shape index (κ1) is 25.8. The van der Waals surface area contributed by atoms with E-state index in [-0.39, 0.29) is 46.2 Å². The van der Waals surface area contributed by atoms with E-state index in [4.69, 9.17) is 9.47 Å². The normalized spacial score (nSPS) is 26.4. The van der Waals surface area contributed by atoms with Crippen molar-refractivity contribution in [1.82, 2.24) is 0 Å². The molecule has 3 aromatic carbocycles. The van der Waals surface area contributed by atoms with Crippen molar-refractivity contribution < 1.29 is 33.6 Å². The van der Waals surface area contributed by atoms with E-state index in [9.17, 15) is 29.3 Å². The van der Waals surface area contributed by atoms with Gasteiger partial charge in [-0.25, -0.2) is 9.69 Å². The number of carbonyl (C=O) groups excluding carboxylic acids is 4. The summed E-state index contributed by atoms with van der Waals surface area (Å²) in [6.07, 6.45) is 5.24. The van der Waals surface area contributed by atoms with Crippen molar-refractivity contribution in [3.8, 4) is 11.5 Å². The van der Waals surface area contributed by atoms with Gasteiger partial charge in [0.05, 0.1) is 28.0 Å². The van der Waals surface area contributed by atoms with Crippen LogP contribution in [0.5, 0.6) is 11.5 Å². The maximum absolute atomic E-state index is 13.5. The minimum atomic E-state index is -0.809. The summed E-state index contributed by atoms with van der Waals surface area (Å²) < 4.78 is 11.0. The number of nitro benzene ring substituents is 1. The van der Waals surface area contributed by atoms with Gasteiger partial charge in [0.1, 0.15) is 11.5 Å². The van der Waals surface area contributed by atoms with Crippen LogP contribution in [0.1, 0.15) is 27.1 Å². The number of imide groups is 1. The van der Waals surface area contributed by atoms with Gasteiger partial charge in [-0.05, 0) is 78.6 Å². The Labute approximate surface area is 239 Å². The average Bonchev–Trinajstić information content (AvgIpc) is 3.79. The third kappa shape index (κ3) is 4.18. The third-order valence-electron chi connectivity index (χ3n) is 8.82. The Bertz CT molecular complexity index is 1640. The highest BCUT2D eigenvalue weighted by Crippen LogP contribution is 2.65. The lowest BCUT2D eigenvalue weighted by Crippen LogP contribution is -2.40. The molecule has 5 aliphatic rings. The summed E-state index contributed by atoms with van der Waals surface area (Å²) in [6, 6.07) is 18.0. The molecule has 0 unspecified atom stereocenters. The minimum absolute atomic E-state index is 0.0444. The van der Waals surface area contributed by atoms with Crippen LogP contribution in [0.3, 0.4) is 0 Å². The highest BCUT2D eigenvalue weighted by molar-refractivity contribution is 6.24. The lowest BCUT2D eigenvalue weighted by Gasteiger charge is -2.37. The maximum atomic E-state index is 13.5. The smallest absolute Gasteiger partial charge is 0.340 e. The number of esters is 1. The summed E-state index contributed by atoms with van der Waals surface area (Å²) in [7, 11) is 0. The van der Waals surface area contributed by atoms with E-state index in [2.05, 4.69) is 12.2 Å². The van der Waals surface area contributed by atoms with Crippen LogP contribution in [0.15, 0.2) is 84.9 Å². The molecule has 0 radical (unpaired) electrons. The molecule has 10 heteroatoms. The summed E-state index contributed by atoms with van der Waals surface area (Å²) >= 11 is 0. The van der Waals surface area contributed by atoms with Gasteiger partial charge in [0.2, 0.25) is 11.8 Å². The van der Waals surface area contributed by atoms with Crippen molar-refractivity contribution in [2.45, 2.75) is 6.42 Å². The van der Waals surface area contributed by atoms with Crippen LogP contribution in [0, 0.1) is 45.6 Å². The number of carbonyl (C=O) groups is 4. The predicted molar refractivity (Wildman–Crippen MR) is 148 cm³/mol. The molecule has 0 aromatic heterocycles. The topological polar surface area (TPSA) is 133 Å². The van der Waals surface area contributed by atoms with E-state index >= 15 is 0 Å². The molecule has 2 amide bonds. The number of allylic oxidation sites excluding steroid dienone is 2. The first-order chi connectivity index (χ1) is 20.3. The van der Waals surface area contributed by atoms with E-state index in [1.807, 2.05) is 0 Å². The molecule has 10 nitrogen and oxygen atoms in total. The molecule has 0 spiro atoms. The standard InChI is InChI=1S/C32H24N2O8/c35-27(17-5-9-19(10-6-17)42-20-11-7-18(8-12-20)34(39)40)16-41-32(38)23-3-1-2-4-26(23)33-30(36)28-21-13-14-22(25-15-24(21)25)29(28)31(33)37/h1-14,21-22,24-25,28-29H,15-16H2/t21-,22-,24-,25+,28+,29+/m0/s1. The van der Waals surface area contributed by atoms with E-state index in [0.717, 1.165) is 11.3 Å².